The lowest BCUT2D eigenvalue weighted by atomic mass is 10.1. The van der Waals surface area contributed by atoms with Crippen LogP contribution in [0.5, 0.6) is 0 Å². The van der Waals surface area contributed by atoms with E-state index in [9.17, 15) is 13.2 Å². The molecular weight excluding hydrogens is 290 g/mol. The molecule has 6 nitrogen and oxygen atoms in total. The van der Waals surface area contributed by atoms with E-state index >= 15 is 0 Å². The highest BCUT2D eigenvalue weighted by Gasteiger charge is 2.12. The molecular formula is C14H19N3O3S. The number of sulfonamides is 1. The van der Waals surface area contributed by atoms with Crippen molar-refractivity contribution in [2.75, 3.05) is 28.2 Å². The fraction of sp³-hybridized carbons (Fsp3) is 0.286. The molecule has 114 valence electrons. The van der Waals surface area contributed by atoms with Gasteiger partial charge in [-0.25, -0.2) is 0 Å². The van der Waals surface area contributed by atoms with Gasteiger partial charge in [-0.1, -0.05) is 0 Å². The zero-order chi connectivity index (χ0) is 16.0. The SMILES string of the molecule is CN(C)C=NS(=O)(=O)c1ccc(C(=O)/C=C/N(C)C)cc1. The van der Waals surface area contributed by atoms with Crippen molar-refractivity contribution in [2.24, 2.45) is 4.40 Å². The minimum atomic E-state index is -3.73. The minimum absolute atomic E-state index is 0.0498. The first kappa shape index (κ1) is 16.9. The van der Waals surface area contributed by atoms with Crippen LogP contribution in [-0.4, -0.2) is 58.5 Å². The summed E-state index contributed by atoms with van der Waals surface area (Å²) in [6.07, 6.45) is 4.27. The minimum Gasteiger partial charge on any atom is -0.383 e. The first-order valence-corrected chi connectivity index (χ1v) is 7.62. The summed E-state index contributed by atoms with van der Waals surface area (Å²) >= 11 is 0. The predicted octanol–water partition coefficient (Wildman–Crippen LogP) is 1.22. The molecule has 0 unspecified atom stereocenters. The van der Waals surface area contributed by atoms with Gasteiger partial charge in [0, 0.05) is 46.0 Å². The van der Waals surface area contributed by atoms with E-state index in [2.05, 4.69) is 4.40 Å². The molecule has 0 saturated heterocycles. The molecule has 1 aromatic rings. The zero-order valence-electron chi connectivity index (χ0n) is 12.5. The average Bonchev–Trinajstić information content (AvgIpc) is 2.43. The fourth-order valence-electron chi connectivity index (χ4n) is 1.32. The van der Waals surface area contributed by atoms with Gasteiger partial charge in [0.05, 0.1) is 4.90 Å². The third-order valence-electron chi connectivity index (χ3n) is 2.38. The van der Waals surface area contributed by atoms with Crippen molar-refractivity contribution >= 4 is 22.1 Å². The summed E-state index contributed by atoms with van der Waals surface area (Å²) < 4.78 is 27.3. The van der Waals surface area contributed by atoms with E-state index in [1.54, 1.807) is 25.2 Å². The van der Waals surface area contributed by atoms with Gasteiger partial charge in [0.25, 0.3) is 10.0 Å². The molecule has 0 saturated carbocycles. The average molecular weight is 309 g/mol. The van der Waals surface area contributed by atoms with Crippen LogP contribution >= 0.6 is 0 Å². The van der Waals surface area contributed by atoms with Crippen molar-refractivity contribution in [3.8, 4) is 0 Å². The summed E-state index contributed by atoms with van der Waals surface area (Å²) in [7, 11) is 3.24. The van der Waals surface area contributed by atoms with E-state index in [0.717, 1.165) is 0 Å². The lowest BCUT2D eigenvalue weighted by molar-refractivity contribution is 0.104. The summed E-state index contributed by atoms with van der Waals surface area (Å²) in [6, 6.07) is 5.69. The smallest absolute Gasteiger partial charge is 0.283 e. The van der Waals surface area contributed by atoms with Crippen LogP contribution in [0, 0.1) is 0 Å². The second-order valence-corrected chi connectivity index (χ2v) is 6.46. The maximum atomic E-state index is 11.9. The molecule has 21 heavy (non-hydrogen) atoms. The largest absolute Gasteiger partial charge is 0.383 e. The number of ketones is 1. The van der Waals surface area contributed by atoms with Crippen molar-refractivity contribution in [3.05, 3.63) is 42.1 Å². The third-order valence-corrected chi connectivity index (χ3v) is 3.62. The molecule has 0 amide bonds. The van der Waals surface area contributed by atoms with Gasteiger partial charge in [-0.2, -0.15) is 8.42 Å². The lowest BCUT2D eigenvalue weighted by Crippen LogP contribution is -2.10. The van der Waals surface area contributed by atoms with Gasteiger partial charge in [0.15, 0.2) is 5.78 Å². The molecule has 0 aliphatic rings. The van der Waals surface area contributed by atoms with Gasteiger partial charge in [-0.3, -0.25) is 4.79 Å². The molecule has 7 heteroatoms. The Hall–Kier alpha value is -2.15. The summed E-state index contributed by atoms with van der Waals surface area (Å²) in [4.78, 5) is 15.1. The van der Waals surface area contributed by atoms with Gasteiger partial charge >= 0.3 is 0 Å². The van der Waals surface area contributed by atoms with Crippen molar-refractivity contribution in [1.29, 1.82) is 0 Å². The normalized spacial score (nSPS) is 12.0. The van der Waals surface area contributed by atoms with Gasteiger partial charge in [-0.05, 0) is 24.3 Å². The lowest BCUT2D eigenvalue weighted by Gasteiger charge is -2.04. The number of hydrogen-bond donors (Lipinski definition) is 0. The predicted molar refractivity (Wildman–Crippen MR) is 83.0 cm³/mol. The van der Waals surface area contributed by atoms with E-state index in [-0.39, 0.29) is 10.7 Å². The Morgan fingerprint density at radius 3 is 2.10 bits per heavy atom. The number of hydrogen-bond acceptors (Lipinski definition) is 4. The van der Waals surface area contributed by atoms with Crippen LogP contribution in [0.4, 0.5) is 0 Å². The highest BCUT2D eigenvalue weighted by atomic mass is 32.2. The second kappa shape index (κ2) is 7.03. The summed E-state index contributed by atoms with van der Waals surface area (Å²) in [5.41, 5.74) is 0.420. The van der Waals surface area contributed by atoms with Gasteiger partial charge < -0.3 is 9.80 Å². The Balaban J connectivity index is 2.95. The van der Waals surface area contributed by atoms with Gasteiger partial charge in [0.2, 0.25) is 0 Å². The number of nitrogens with zero attached hydrogens (tertiary/aromatic N) is 3. The fourth-order valence-corrected chi connectivity index (χ4v) is 2.24. The van der Waals surface area contributed by atoms with Crippen LogP contribution in [0.3, 0.4) is 0 Å². The first-order chi connectivity index (χ1) is 9.72. The first-order valence-electron chi connectivity index (χ1n) is 6.18. The van der Waals surface area contributed by atoms with E-state index in [1.807, 2.05) is 14.1 Å². The Labute approximate surface area is 125 Å². The second-order valence-electron chi connectivity index (χ2n) is 4.83. The quantitative estimate of drug-likeness (QED) is 0.342. The highest BCUT2D eigenvalue weighted by molar-refractivity contribution is 7.90. The van der Waals surface area contributed by atoms with Crippen LogP contribution < -0.4 is 0 Å². The van der Waals surface area contributed by atoms with Crippen LogP contribution in [0.25, 0.3) is 0 Å². The molecule has 0 spiro atoms. The molecule has 0 atom stereocenters. The van der Waals surface area contributed by atoms with Crippen LogP contribution in [0.15, 0.2) is 45.8 Å². The molecule has 0 aliphatic heterocycles. The van der Waals surface area contributed by atoms with Crippen LogP contribution in [0.2, 0.25) is 0 Å². The molecule has 0 heterocycles. The molecule has 0 radical (unpaired) electrons. The molecule has 0 aromatic heterocycles. The van der Waals surface area contributed by atoms with Crippen molar-refractivity contribution in [1.82, 2.24) is 9.80 Å². The Kier molecular flexibility index (Phi) is 5.66. The number of benzene rings is 1. The molecule has 0 bridgehead atoms. The summed E-state index contributed by atoms with van der Waals surface area (Å²) in [6.45, 7) is 0. The number of rotatable bonds is 6. The summed E-state index contributed by atoms with van der Waals surface area (Å²) in [5, 5.41) is 0. The Bertz CT molecular complexity index is 645. The van der Waals surface area contributed by atoms with Crippen LogP contribution in [0.1, 0.15) is 10.4 Å². The van der Waals surface area contributed by atoms with E-state index < -0.39 is 10.0 Å². The maximum Gasteiger partial charge on any atom is 0.283 e. The Morgan fingerprint density at radius 2 is 1.62 bits per heavy atom. The van der Waals surface area contributed by atoms with Crippen molar-refractivity contribution in [3.63, 3.8) is 0 Å². The topological polar surface area (TPSA) is 70.0 Å². The van der Waals surface area contributed by atoms with Gasteiger partial charge in [-0.15, -0.1) is 4.40 Å². The number of carbonyl (C=O) groups excluding carboxylic acids is 1. The molecule has 1 rings (SSSR count). The molecule has 0 fully saturated rings. The van der Waals surface area contributed by atoms with Crippen LogP contribution in [-0.2, 0) is 10.0 Å². The van der Waals surface area contributed by atoms with Crippen molar-refractivity contribution in [2.45, 2.75) is 4.90 Å². The number of carbonyl (C=O) groups is 1. The van der Waals surface area contributed by atoms with Gasteiger partial charge in [0.1, 0.15) is 6.34 Å². The maximum absolute atomic E-state index is 11.9. The molecule has 0 N–H and O–H groups in total. The van der Waals surface area contributed by atoms with E-state index in [4.69, 9.17) is 0 Å². The standard InChI is InChI=1S/C14H19N3O3S/c1-16(2)10-9-14(18)12-5-7-13(8-6-12)21(19,20)15-11-17(3)4/h5-11H,1-4H3/b10-9+,15-11?. The summed E-state index contributed by atoms with van der Waals surface area (Å²) in [5.74, 6) is -0.190. The third kappa shape index (κ3) is 5.39. The zero-order valence-corrected chi connectivity index (χ0v) is 13.3. The van der Waals surface area contributed by atoms with Crippen molar-refractivity contribution < 1.29 is 13.2 Å². The van der Waals surface area contributed by atoms with E-state index in [1.165, 1.54) is 41.6 Å². The molecule has 0 aliphatic carbocycles. The highest BCUT2D eigenvalue weighted by Crippen LogP contribution is 2.14. The Morgan fingerprint density at radius 1 is 1.05 bits per heavy atom. The molecule has 1 aromatic carbocycles. The van der Waals surface area contributed by atoms with E-state index in [0.29, 0.717) is 5.56 Å². The monoisotopic (exact) mass is 309 g/mol. The number of allylic oxidation sites excluding steroid dienone is 1.